The number of benzene rings is 1. The van der Waals surface area contributed by atoms with Crippen molar-refractivity contribution in [2.45, 2.75) is 27.2 Å². The van der Waals surface area contributed by atoms with Gasteiger partial charge in [0.15, 0.2) is 0 Å². The fourth-order valence-electron chi connectivity index (χ4n) is 2.18. The van der Waals surface area contributed by atoms with Crippen LogP contribution in [0.1, 0.15) is 25.0 Å². The molecule has 3 heteroatoms. The zero-order chi connectivity index (χ0) is 13.3. The van der Waals surface area contributed by atoms with E-state index >= 15 is 0 Å². The molecule has 1 heterocycles. The molecular weight excluding hydrogens is 228 g/mol. The molecule has 0 amide bonds. The maximum atomic E-state index is 11.7. The summed E-state index contributed by atoms with van der Waals surface area (Å²) < 4.78 is 4.71. The average Bonchev–Trinajstić information content (AvgIpc) is 2.57. The largest absolute Gasteiger partial charge is 0.386 e. The molecule has 94 valence electrons. The minimum atomic E-state index is -0.494. The van der Waals surface area contributed by atoms with E-state index in [2.05, 4.69) is 0 Å². The number of hydrogen-bond acceptors (Lipinski definition) is 3. The summed E-state index contributed by atoms with van der Waals surface area (Å²) >= 11 is 0. The monoisotopic (exact) mass is 244 g/mol. The van der Waals surface area contributed by atoms with Crippen LogP contribution >= 0.6 is 0 Å². The van der Waals surface area contributed by atoms with Crippen molar-refractivity contribution in [2.75, 3.05) is 0 Å². The van der Waals surface area contributed by atoms with Crippen molar-refractivity contribution in [2.24, 2.45) is 5.92 Å². The van der Waals surface area contributed by atoms with E-state index < -0.39 is 11.9 Å². The van der Waals surface area contributed by atoms with Gasteiger partial charge in [-0.2, -0.15) is 0 Å². The maximum absolute atomic E-state index is 11.7. The minimum absolute atomic E-state index is 0.00275. The SMILES string of the molecule is Cc1ccccc1CC1=C(C(C)C)C(=O)OC1=O. The summed E-state index contributed by atoms with van der Waals surface area (Å²) in [5, 5.41) is 0. The van der Waals surface area contributed by atoms with E-state index in [9.17, 15) is 9.59 Å². The summed E-state index contributed by atoms with van der Waals surface area (Å²) in [4.78, 5) is 23.3. The van der Waals surface area contributed by atoms with Crippen molar-refractivity contribution in [1.82, 2.24) is 0 Å². The second-order valence-electron chi connectivity index (χ2n) is 4.83. The smallest absolute Gasteiger partial charge is 0.342 e. The second kappa shape index (κ2) is 4.77. The highest BCUT2D eigenvalue weighted by atomic mass is 16.6. The summed E-state index contributed by atoms with van der Waals surface area (Å²) in [5.74, 6) is -0.978. The average molecular weight is 244 g/mol. The summed E-state index contributed by atoms with van der Waals surface area (Å²) in [5.41, 5.74) is 3.19. The first-order valence-corrected chi connectivity index (χ1v) is 6.04. The number of esters is 2. The van der Waals surface area contributed by atoms with Crippen LogP contribution < -0.4 is 0 Å². The fourth-order valence-corrected chi connectivity index (χ4v) is 2.18. The molecule has 2 rings (SSSR count). The molecule has 0 N–H and O–H groups in total. The van der Waals surface area contributed by atoms with Crippen molar-refractivity contribution < 1.29 is 14.3 Å². The number of rotatable bonds is 3. The number of cyclic esters (lactones) is 2. The van der Waals surface area contributed by atoms with Gasteiger partial charge < -0.3 is 4.74 Å². The molecule has 0 fully saturated rings. The van der Waals surface area contributed by atoms with Crippen LogP contribution in [-0.4, -0.2) is 11.9 Å². The Labute approximate surface area is 106 Å². The predicted molar refractivity (Wildman–Crippen MR) is 67.8 cm³/mol. The van der Waals surface area contributed by atoms with Crippen molar-refractivity contribution in [1.29, 1.82) is 0 Å². The zero-order valence-corrected chi connectivity index (χ0v) is 10.8. The molecule has 0 unspecified atom stereocenters. The molecule has 1 aromatic carbocycles. The Balaban J connectivity index is 2.40. The minimum Gasteiger partial charge on any atom is -0.386 e. The van der Waals surface area contributed by atoms with Gasteiger partial charge in [-0.05, 0) is 24.0 Å². The van der Waals surface area contributed by atoms with E-state index in [-0.39, 0.29) is 5.92 Å². The van der Waals surface area contributed by atoms with E-state index in [1.54, 1.807) is 0 Å². The van der Waals surface area contributed by atoms with Crippen LogP contribution in [0.5, 0.6) is 0 Å². The molecule has 0 saturated carbocycles. The Morgan fingerprint density at radius 1 is 1.11 bits per heavy atom. The number of carbonyl (C=O) groups excluding carboxylic acids is 2. The predicted octanol–water partition coefficient (Wildman–Crippen LogP) is 2.57. The van der Waals surface area contributed by atoms with Gasteiger partial charge in [0.05, 0.1) is 11.1 Å². The molecular formula is C15H16O3. The lowest BCUT2D eigenvalue weighted by Gasteiger charge is -2.07. The molecule has 0 aromatic heterocycles. The topological polar surface area (TPSA) is 43.4 Å². The van der Waals surface area contributed by atoms with E-state index in [1.165, 1.54) is 0 Å². The lowest BCUT2D eigenvalue weighted by Crippen LogP contribution is -2.06. The highest BCUT2D eigenvalue weighted by molar-refractivity contribution is 6.12. The van der Waals surface area contributed by atoms with Crippen LogP contribution in [-0.2, 0) is 20.7 Å². The Hall–Kier alpha value is -1.90. The van der Waals surface area contributed by atoms with Gasteiger partial charge in [-0.3, -0.25) is 0 Å². The molecule has 0 saturated heterocycles. The van der Waals surface area contributed by atoms with Gasteiger partial charge in [0.1, 0.15) is 0 Å². The normalized spacial score (nSPS) is 15.6. The van der Waals surface area contributed by atoms with Crippen molar-refractivity contribution in [3.63, 3.8) is 0 Å². The summed E-state index contributed by atoms with van der Waals surface area (Å²) in [6.07, 6.45) is 0.463. The third-order valence-corrected chi connectivity index (χ3v) is 3.18. The number of carbonyl (C=O) groups is 2. The Kier molecular flexibility index (Phi) is 3.32. The molecule has 0 atom stereocenters. The van der Waals surface area contributed by atoms with E-state index in [4.69, 9.17) is 4.74 Å². The highest BCUT2D eigenvalue weighted by Crippen LogP contribution is 2.27. The molecule has 1 aromatic rings. The van der Waals surface area contributed by atoms with Gasteiger partial charge in [-0.25, -0.2) is 9.59 Å². The van der Waals surface area contributed by atoms with E-state index in [0.29, 0.717) is 17.6 Å². The summed E-state index contributed by atoms with van der Waals surface area (Å²) in [6, 6.07) is 7.85. The van der Waals surface area contributed by atoms with Gasteiger partial charge in [-0.1, -0.05) is 38.1 Å². The third-order valence-electron chi connectivity index (χ3n) is 3.18. The Morgan fingerprint density at radius 3 is 2.39 bits per heavy atom. The van der Waals surface area contributed by atoms with Gasteiger partial charge in [-0.15, -0.1) is 0 Å². The van der Waals surface area contributed by atoms with Gasteiger partial charge in [0.25, 0.3) is 0 Å². The number of ether oxygens (including phenoxy) is 1. The van der Waals surface area contributed by atoms with Crippen LogP contribution in [0.3, 0.4) is 0 Å². The van der Waals surface area contributed by atoms with E-state index in [1.807, 2.05) is 45.0 Å². The van der Waals surface area contributed by atoms with E-state index in [0.717, 1.165) is 11.1 Å². The van der Waals surface area contributed by atoms with Gasteiger partial charge in [0, 0.05) is 6.42 Å². The van der Waals surface area contributed by atoms with Crippen LogP contribution in [0.25, 0.3) is 0 Å². The summed E-state index contributed by atoms with van der Waals surface area (Å²) in [7, 11) is 0. The van der Waals surface area contributed by atoms with Crippen LogP contribution in [0.15, 0.2) is 35.4 Å². The Bertz CT molecular complexity index is 538. The van der Waals surface area contributed by atoms with Crippen LogP contribution in [0.4, 0.5) is 0 Å². The lowest BCUT2D eigenvalue weighted by molar-refractivity contribution is -0.151. The molecule has 0 radical (unpaired) electrons. The van der Waals surface area contributed by atoms with Gasteiger partial charge in [0.2, 0.25) is 0 Å². The molecule has 1 aliphatic rings. The third kappa shape index (κ3) is 2.21. The molecule has 0 spiro atoms. The molecule has 3 nitrogen and oxygen atoms in total. The summed E-state index contributed by atoms with van der Waals surface area (Å²) in [6.45, 7) is 5.78. The quantitative estimate of drug-likeness (QED) is 0.606. The van der Waals surface area contributed by atoms with Crippen LogP contribution in [0, 0.1) is 12.8 Å². The zero-order valence-electron chi connectivity index (χ0n) is 10.8. The van der Waals surface area contributed by atoms with Gasteiger partial charge >= 0.3 is 11.9 Å². The fraction of sp³-hybridized carbons (Fsp3) is 0.333. The van der Waals surface area contributed by atoms with Crippen molar-refractivity contribution >= 4 is 11.9 Å². The van der Waals surface area contributed by atoms with Crippen molar-refractivity contribution in [3.8, 4) is 0 Å². The number of hydrogen-bond donors (Lipinski definition) is 0. The molecule has 18 heavy (non-hydrogen) atoms. The number of aryl methyl sites for hydroxylation is 1. The van der Waals surface area contributed by atoms with Crippen LogP contribution in [0.2, 0.25) is 0 Å². The Morgan fingerprint density at radius 2 is 1.78 bits per heavy atom. The highest BCUT2D eigenvalue weighted by Gasteiger charge is 2.34. The second-order valence-corrected chi connectivity index (χ2v) is 4.83. The standard InChI is InChI=1S/C15H16O3/c1-9(2)13-12(14(16)18-15(13)17)8-11-7-5-4-6-10(11)3/h4-7,9H,8H2,1-3H3. The molecule has 1 aliphatic heterocycles. The first-order valence-electron chi connectivity index (χ1n) is 6.04. The first kappa shape index (κ1) is 12.6. The maximum Gasteiger partial charge on any atom is 0.342 e. The lowest BCUT2D eigenvalue weighted by atomic mass is 9.93. The molecule has 0 aliphatic carbocycles. The van der Waals surface area contributed by atoms with Crippen molar-refractivity contribution in [3.05, 3.63) is 46.5 Å². The molecule has 0 bridgehead atoms. The first-order chi connectivity index (χ1) is 8.50.